The lowest BCUT2D eigenvalue weighted by molar-refractivity contribution is 0.0613. The van der Waals surface area contributed by atoms with Crippen molar-refractivity contribution in [3.63, 3.8) is 0 Å². The van der Waals surface area contributed by atoms with Crippen LogP contribution in [0.25, 0.3) is 22.3 Å². The molecule has 1 saturated heterocycles. The Kier molecular flexibility index (Phi) is 6.12. The highest BCUT2D eigenvalue weighted by Gasteiger charge is 2.26. The quantitative estimate of drug-likeness (QED) is 0.440. The van der Waals surface area contributed by atoms with Gasteiger partial charge in [0.15, 0.2) is 0 Å². The summed E-state index contributed by atoms with van der Waals surface area (Å²) in [4.78, 5) is 28.2. The number of nitrogens with one attached hydrogen (secondary N) is 1. The van der Waals surface area contributed by atoms with Crippen LogP contribution in [0.5, 0.6) is 5.75 Å². The molecular weight excluding hydrogens is 451 g/mol. The Hall–Kier alpha value is -4.30. The molecule has 10 nitrogen and oxygen atoms in total. The van der Waals surface area contributed by atoms with Gasteiger partial charge in [-0.1, -0.05) is 0 Å². The second kappa shape index (κ2) is 9.52. The molecule has 0 bridgehead atoms. The van der Waals surface area contributed by atoms with Gasteiger partial charge in [-0.15, -0.1) is 0 Å². The largest absolute Gasteiger partial charge is 0.508 e. The lowest BCUT2D eigenvalue weighted by Crippen LogP contribution is -2.50. The second-order valence-corrected chi connectivity index (χ2v) is 8.44. The van der Waals surface area contributed by atoms with E-state index >= 15 is 0 Å². The first-order valence-corrected chi connectivity index (χ1v) is 11.2. The van der Waals surface area contributed by atoms with Crippen LogP contribution in [0.3, 0.4) is 0 Å². The summed E-state index contributed by atoms with van der Waals surface area (Å²) in [6.07, 6.45) is 7.23. The maximum absolute atomic E-state index is 14.1. The smallest absolute Gasteiger partial charge is 0.256 e. The summed E-state index contributed by atoms with van der Waals surface area (Å²) in [7, 11) is 0. The van der Waals surface area contributed by atoms with Crippen molar-refractivity contribution in [2.24, 2.45) is 0 Å². The summed E-state index contributed by atoms with van der Waals surface area (Å²) in [5.74, 6) is -1.35. The van der Waals surface area contributed by atoms with Gasteiger partial charge in [0, 0.05) is 62.1 Å². The molecule has 1 aliphatic rings. The van der Waals surface area contributed by atoms with Gasteiger partial charge in [-0.05, 0) is 18.2 Å². The van der Waals surface area contributed by atoms with E-state index in [4.69, 9.17) is 0 Å². The van der Waals surface area contributed by atoms with Crippen LogP contribution in [0, 0.1) is 17.1 Å². The summed E-state index contributed by atoms with van der Waals surface area (Å²) < 4.78 is 15.9. The van der Waals surface area contributed by atoms with Gasteiger partial charge in [-0.25, -0.2) is 14.4 Å². The van der Waals surface area contributed by atoms with E-state index in [1.165, 1.54) is 18.5 Å². The minimum atomic E-state index is -0.735. The van der Waals surface area contributed by atoms with Gasteiger partial charge < -0.3 is 15.0 Å². The Bertz CT molecular complexity index is 1400. The van der Waals surface area contributed by atoms with Crippen molar-refractivity contribution < 1.29 is 14.3 Å². The number of amides is 1. The third kappa shape index (κ3) is 4.56. The molecule has 0 saturated carbocycles. The highest BCUT2D eigenvalue weighted by Crippen LogP contribution is 2.26. The molecule has 1 atom stereocenters. The van der Waals surface area contributed by atoms with Gasteiger partial charge in [0.05, 0.1) is 36.0 Å². The van der Waals surface area contributed by atoms with Crippen LogP contribution < -0.4 is 0 Å². The SMILES string of the molecule is N#CCC(CN1CCN(C(=O)c2ccc(O)cc2F)CC1)n1cc(-c2ncnc3[nH]ccc23)cn1. The van der Waals surface area contributed by atoms with Crippen LogP contribution in [-0.4, -0.2) is 78.3 Å². The van der Waals surface area contributed by atoms with Gasteiger partial charge in [-0.2, -0.15) is 10.4 Å². The Morgan fingerprint density at radius 2 is 2.06 bits per heavy atom. The molecule has 0 aliphatic carbocycles. The summed E-state index contributed by atoms with van der Waals surface area (Å²) in [5, 5.41) is 24.2. The number of carbonyl (C=O) groups is 1. The molecule has 1 aromatic carbocycles. The van der Waals surface area contributed by atoms with Crippen molar-refractivity contribution in [2.75, 3.05) is 32.7 Å². The van der Waals surface area contributed by atoms with Crippen molar-refractivity contribution in [3.05, 3.63) is 60.6 Å². The van der Waals surface area contributed by atoms with Gasteiger partial charge in [-0.3, -0.25) is 14.4 Å². The highest BCUT2D eigenvalue weighted by atomic mass is 19.1. The predicted octanol–water partition coefficient (Wildman–Crippen LogP) is 2.58. The third-order valence-corrected chi connectivity index (χ3v) is 6.24. The molecule has 1 amide bonds. The Labute approximate surface area is 200 Å². The first-order valence-electron chi connectivity index (χ1n) is 11.2. The maximum atomic E-state index is 14.1. The minimum absolute atomic E-state index is 0.0519. The Balaban J connectivity index is 1.25. The predicted molar refractivity (Wildman–Crippen MR) is 125 cm³/mol. The number of carbonyl (C=O) groups excluding carboxylic acids is 1. The van der Waals surface area contributed by atoms with E-state index in [0.29, 0.717) is 32.7 Å². The van der Waals surface area contributed by atoms with Crippen molar-refractivity contribution >= 4 is 16.9 Å². The number of hydrogen-bond donors (Lipinski definition) is 2. The van der Waals surface area contributed by atoms with E-state index in [-0.39, 0.29) is 23.8 Å². The van der Waals surface area contributed by atoms with E-state index in [0.717, 1.165) is 28.4 Å². The Morgan fingerprint density at radius 1 is 1.23 bits per heavy atom. The molecule has 3 aromatic heterocycles. The lowest BCUT2D eigenvalue weighted by Gasteiger charge is -2.36. The summed E-state index contributed by atoms with van der Waals surface area (Å²) in [6.45, 7) is 2.66. The number of piperazine rings is 1. The second-order valence-electron chi connectivity index (χ2n) is 8.44. The zero-order chi connectivity index (χ0) is 24.4. The van der Waals surface area contributed by atoms with E-state index in [1.54, 1.807) is 15.8 Å². The van der Waals surface area contributed by atoms with Crippen LogP contribution >= 0.6 is 0 Å². The number of fused-ring (bicyclic) bond motifs is 1. The number of benzene rings is 1. The molecule has 4 aromatic rings. The number of aromatic amines is 1. The van der Waals surface area contributed by atoms with Gasteiger partial charge >= 0.3 is 0 Å². The summed E-state index contributed by atoms with van der Waals surface area (Å²) in [5.41, 5.74) is 2.30. The molecule has 5 rings (SSSR count). The average Bonchev–Trinajstić information content (AvgIpc) is 3.54. The highest BCUT2D eigenvalue weighted by molar-refractivity contribution is 5.94. The normalized spacial score (nSPS) is 15.3. The molecule has 0 radical (unpaired) electrons. The molecular formula is C24H23FN8O2. The number of aromatic nitrogens is 5. The molecule has 178 valence electrons. The minimum Gasteiger partial charge on any atom is -0.508 e. The van der Waals surface area contributed by atoms with Crippen LogP contribution in [0.1, 0.15) is 22.8 Å². The zero-order valence-corrected chi connectivity index (χ0v) is 18.8. The molecule has 2 N–H and O–H groups in total. The van der Waals surface area contributed by atoms with E-state index in [2.05, 4.69) is 31.0 Å². The monoisotopic (exact) mass is 474 g/mol. The molecule has 1 unspecified atom stereocenters. The fraction of sp³-hybridized carbons (Fsp3) is 0.292. The average molecular weight is 475 g/mol. The number of nitrogens with zero attached hydrogens (tertiary/aromatic N) is 7. The first kappa shape index (κ1) is 22.5. The van der Waals surface area contributed by atoms with Crippen molar-refractivity contribution in [2.45, 2.75) is 12.5 Å². The number of hydrogen-bond acceptors (Lipinski definition) is 7. The van der Waals surface area contributed by atoms with Crippen LogP contribution in [0.15, 0.2) is 49.2 Å². The summed E-state index contributed by atoms with van der Waals surface area (Å²) >= 11 is 0. The molecule has 1 fully saturated rings. The Morgan fingerprint density at radius 3 is 2.83 bits per heavy atom. The van der Waals surface area contributed by atoms with Crippen LogP contribution in [0.4, 0.5) is 4.39 Å². The van der Waals surface area contributed by atoms with E-state index < -0.39 is 11.7 Å². The number of aromatic hydroxyl groups is 1. The molecule has 4 heterocycles. The standard InChI is InChI=1S/C24H23FN8O2/c25-21-11-18(34)1-2-19(21)24(35)32-9-7-31(8-10-32)14-17(3-5-26)33-13-16(12-30-33)22-20-4-6-27-23(20)29-15-28-22/h1-2,4,6,11-13,15,17,34H,3,7-10,14H2,(H,27,28,29). The maximum Gasteiger partial charge on any atom is 0.256 e. The van der Waals surface area contributed by atoms with Gasteiger partial charge in [0.25, 0.3) is 5.91 Å². The topological polar surface area (TPSA) is 127 Å². The third-order valence-electron chi connectivity index (χ3n) is 6.24. The van der Waals surface area contributed by atoms with Crippen molar-refractivity contribution in [1.29, 1.82) is 5.26 Å². The number of nitriles is 1. The van der Waals surface area contributed by atoms with Gasteiger partial charge in [0.2, 0.25) is 0 Å². The molecule has 0 spiro atoms. The summed E-state index contributed by atoms with van der Waals surface area (Å²) in [6, 6.07) is 7.54. The number of rotatable bonds is 6. The molecule has 11 heteroatoms. The van der Waals surface area contributed by atoms with Crippen molar-refractivity contribution in [1.82, 2.24) is 34.5 Å². The zero-order valence-electron chi connectivity index (χ0n) is 18.8. The number of phenols is 1. The number of halogens is 1. The van der Waals surface area contributed by atoms with Crippen LogP contribution in [-0.2, 0) is 0 Å². The molecule has 1 aliphatic heterocycles. The van der Waals surface area contributed by atoms with E-state index in [9.17, 15) is 19.6 Å². The number of H-pyrrole nitrogens is 1. The van der Waals surface area contributed by atoms with Gasteiger partial charge in [0.1, 0.15) is 23.5 Å². The first-order chi connectivity index (χ1) is 17.0. The fourth-order valence-corrected chi connectivity index (χ4v) is 4.39. The van der Waals surface area contributed by atoms with E-state index in [1.807, 2.05) is 18.5 Å². The fourth-order valence-electron chi connectivity index (χ4n) is 4.39. The number of phenolic OH excluding ortho intramolecular Hbond substituents is 1. The van der Waals surface area contributed by atoms with Crippen LogP contribution in [0.2, 0.25) is 0 Å². The lowest BCUT2D eigenvalue weighted by atomic mass is 10.1. The van der Waals surface area contributed by atoms with Crippen molar-refractivity contribution in [3.8, 4) is 23.1 Å². The molecule has 35 heavy (non-hydrogen) atoms.